The first kappa shape index (κ1) is 26.2. The number of rotatable bonds is 7. The number of sulfone groups is 2. The molecule has 2 aliphatic rings. The highest BCUT2D eigenvalue weighted by Gasteiger charge is 2.61. The van der Waals surface area contributed by atoms with Crippen molar-refractivity contribution in [3.05, 3.63) is 58.6 Å². The Morgan fingerprint density at radius 2 is 1.77 bits per heavy atom. The molecule has 3 atom stereocenters. The van der Waals surface area contributed by atoms with Crippen LogP contribution < -0.4 is 10.5 Å². The topological polar surface area (TPSA) is 113 Å². The van der Waals surface area contributed by atoms with E-state index in [4.69, 9.17) is 26.8 Å². The molecule has 35 heavy (non-hydrogen) atoms. The Labute approximate surface area is 212 Å². The number of halogens is 3. The Bertz CT molecular complexity index is 1370. The van der Waals surface area contributed by atoms with Gasteiger partial charge in [-0.2, -0.15) is 0 Å². The standard InChI is InChI=1S/C22H22ClF2NO6S3/c23-13-1-3-14(4-2-13)35(29,30)22-8-9-31-18(7-10-34(27,28)12-19(26)33)15(22)11-32-21-17(25)6-5-16(24)20(21)22/h1-6,15,18H,7-12H2,(H2,26,33)/t15-,18-,22-/m0/s1. The van der Waals surface area contributed by atoms with Gasteiger partial charge in [0.1, 0.15) is 16.3 Å². The average Bonchev–Trinajstić information content (AvgIpc) is 2.79. The summed E-state index contributed by atoms with van der Waals surface area (Å²) in [7, 11) is -8.07. The van der Waals surface area contributed by atoms with Crippen LogP contribution in [-0.2, 0) is 29.2 Å². The van der Waals surface area contributed by atoms with Gasteiger partial charge in [0.2, 0.25) is 0 Å². The second-order valence-corrected chi connectivity index (χ2v) is 13.9. The molecule has 1 fully saturated rings. The molecule has 2 aromatic carbocycles. The first-order valence-electron chi connectivity index (χ1n) is 10.6. The van der Waals surface area contributed by atoms with Crippen molar-refractivity contribution in [2.45, 2.75) is 28.6 Å². The van der Waals surface area contributed by atoms with Crippen molar-refractivity contribution in [1.82, 2.24) is 0 Å². The van der Waals surface area contributed by atoms with Gasteiger partial charge in [-0.3, -0.25) is 0 Å². The van der Waals surface area contributed by atoms with E-state index in [1.54, 1.807) is 0 Å². The van der Waals surface area contributed by atoms with Gasteiger partial charge >= 0.3 is 0 Å². The van der Waals surface area contributed by atoms with Crippen molar-refractivity contribution >= 4 is 48.5 Å². The molecule has 2 aliphatic heterocycles. The van der Waals surface area contributed by atoms with E-state index in [2.05, 4.69) is 12.2 Å². The van der Waals surface area contributed by atoms with Crippen LogP contribution in [0.5, 0.6) is 5.75 Å². The molecule has 2 aromatic rings. The molecule has 2 N–H and O–H groups in total. The van der Waals surface area contributed by atoms with Crippen molar-refractivity contribution in [3.8, 4) is 5.75 Å². The number of benzene rings is 2. The van der Waals surface area contributed by atoms with E-state index in [1.807, 2.05) is 0 Å². The molecule has 0 unspecified atom stereocenters. The lowest BCUT2D eigenvalue weighted by molar-refractivity contribution is -0.0732. The van der Waals surface area contributed by atoms with Gasteiger partial charge in [-0.05, 0) is 49.2 Å². The van der Waals surface area contributed by atoms with Crippen LogP contribution in [0.1, 0.15) is 18.4 Å². The van der Waals surface area contributed by atoms with Crippen LogP contribution in [0.3, 0.4) is 0 Å². The minimum atomic E-state index is -4.37. The summed E-state index contributed by atoms with van der Waals surface area (Å²) in [6, 6.07) is 7.11. The van der Waals surface area contributed by atoms with Gasteiger partial charge in [0.15, 0.2) is 31.2 Å². The Morgan fingerprint density at radius 3 is 2.43 bits per heavy atom. The van der Waals surface area contributed by atoms with Crippen LogP contribution in [0.15, 0.2) is 41.3 Å². The molecule has 7 nitrogen and oxygen atoms in total. The van der Waals surface area contributed by atoms with E-state index in [1.165, 1.54) is 24.3 Å². The Hall–Kier alpha value is -1.86. The number of fused-ring (bicyclic) bond motifs is 3. The van der Waals surface area contributed by atoms with Gasteiger partial charge in [0.05, 0.1) is 33.9 Å². The van der Waals surface area contributed by atoms with Crippen LogP contribution in [0.4, 0.5) is 8.78 Å². The summed E-state index contributed by atoms with van der Waals surface area (Å²) in [6.07, 6.45) is -1.23. The van der Waals surface area contributed by atoms with Gasteiger partial charge in [0.25, 0.3) is 0 Å². The molecular weight excluding hydrogens is 544 g/mol. The zero-order valence-electron chi connectivity index (χ0n) is 18.2. The smallest absolute Gasteiger partial charge is 0.189 e. The number of thiocarbonyl (C=S) groups is 1. The maximum Gasteiger partial charge on any atom is 0.189 e. The lowest BCUT2D eigenvalue weighted by Crippen LogP contribution is -2.57. The Kier molecular flexibility index (Phi) is 7.15. The van der Waals surface area contributed by atoms with Gasteiger partial charge in [-0.25, -0.2) is 25.6 Å². The minimum Gasteiger partial charge on any atom is -0.490 e. The molecule has 2 heterocycles. The summed E-state index contributed by atoms with van der Waals surface area (Å²) in [5.41, 5.74) is 4.95. The largest absolute Gasteiger partial charge is 0.490 e. The monoisotopic (exact) mass is 565 g/mol. The summed E-state index contributed by atoms with van der Waals surface area (Å²) in [5, 5.41) is 0.301. The summed E-state index contributed by atoms with van der Waals surface area (Å²) in [5.74, 6) is -4.23. The van der Waals surface area contributed by atoms with Crippen LogP contribution in [0, 0.1) is 17.6 Å². The lowest BCUT2D eigenvalue weighted by Gasteiger charge is -2.50. The SMILES string of the molecule is NC(=S)CS(=O)(=O)CC[C@@H]1OCC[C@@]2(S(=O)(=O)c3ccc(Cl)cc3)c3c(F)ccc(F)c3OC[C@@H]12. The third-order valence-corrected chi connectivity index (χ3v) is 11.2. The number of ether oxygens (including phenoxy) is 2. The number of hydrogen-bond donors (Lipinski definition) is 1. The zero-order valence-corrected chi connectivity index (χ0v) is 21.5. The van der Waals surface area contributed by atoms with Crippen LogP contribution in [-0.4, -0.2) is 52.6 Å². The highest BCUT2D eigenvalue weighted by atomic mass is 35.5. The summed E-state index contributed by atoms with van der Waals surface area (Å²) in [4.78, 5) is -0.327. The number of hydrogen-bond acceptors (Lipinski definition) is 7. The van der Waals surface area contributed by atoms with Crippen molar-refractivity contribution in [1.29, 1.82) is 0 Å². The number of nitrogens with two attached hydrogens (primary N) is 1. The van der Waals surface area contributed by atoms with Gasteiger partial charge in [0, 0.05) is 17.5 Å². The maximum absolute atomic E-state index is 15.3. The Morgan fingerprint density at radius 1 is 1.11 bits per heavy atom. The third kappa shape index (κ3) is 4.66. The van der Waals surface area contributed by atoms with Crippen LogP contribution >= 0.6 is 23.8 Å². The molecule has 0 amide bonds. The lowest BCUT2D eigenvalue weighted by atomic mass is 9.75. The molecule has 0 saturated carbocycles. The normalized spacial score (nSPS) is 24.2. The average molecular weight is 566 g/mol. The molecular formula is C22H22ClF2NO6S3. The first-order chi connectivity index (χ1) is 16.4. The van der Waals surface area contributed by atoms with E-state index in [-0.39, 0.29) is 41.7 Å². The van der Waals surface area contributed by atoms with Crippen molar-refractivity contribution in [3.63, 3.8) is 0 Å². The second-order valence-electron chi connectivity index (χ2n) is 8.50. The van der Waals surface area contributed by atoms with E-state index in [0.29, 0.717) is 5.02 Å². The van der Waals surface area contributed by atoms with Crippen LogP contribution in [0.2, 0.25) is 5.02 Å². The Balaban J connectivity index is 1.86. The molecule has 0 spiro atoms. The summed E-state index contributed by atoms with van der Waals surface area (Å²) >= 11 is 10.6. The second kappa shape index (κ2) is 9.55. The molecule has 13 heteroatoms. The quantitative estimate of drug-likeness (QED) is 0.509. The van der Waals surface area contributed by atoms with Crippen molar-refractivity contribution < 1.29 is 35.1 Å². The fourth-order valence-corrected chi connectivity index (χ4v) is 9.10. The maximum atomic E-state index is 15.3. The molecule has 0 aromatic heterocycles. The minimum absolute atomic E-state index is 0.108. The zero-order chi connectivity index (χ0) is 25.6. The van der Waals surface area contributed by atoms with Gasteiger partial charge in [-0.1, -0.05) is 23.8 Å². The van der Waals surface area contributed by atoms with E-state index >= 15 is 4.39 Å². The first-order valence-corrected chi connectivity index (χ1v) is 14.7. The predicted molar refractivity (Wildman–Crippen MR) is 130 cm³/mol. The van der Waals surface area contributed by atoms with Crippen molar-refractivity contribution in [2.24, 2.45) is 11.7 Å². The fourth-order valence-electron chi connectivity index (χ4n) is 4.92. The third-order valence-electron chi connectivity index (χ3n) is 6.42. The van der Waals surface area contributed by atoms with Gasteiger partial charge < -0.3 is 15.2 Å². The molecule has 4 rings (SSSR count). The summed E-state index contributed by atoms with van der Waals surface area (Å²) < 4.78 is 92.5. The van der Waals surface area contributed by atoms with Crippen molar-refractivity contribution in [2.75, 3.05) is 24.7 Å². The van der Waals surface area contributed by atoms with Crippen LogP contribution in [0.25, 0.3) is 0 Å². The van der Waals surface area contributed by atoms with E-state index in [9.17, 15) is 21.2 Å². The van der Waals surface area contributed by atoms with E-state index < -0.39 is 65.1 Å². The molecule has 1 saturated heterocycles. The van der Waals surface area contributed by atoms with Gasteiger partial charge in [-0.15, -0.1) is 0 Å². The molecule has 190 valence electrons. The predicted octanol–water partition coefficient (Wildman–Crippen LogP) is 3.18. The molecule has 0 aliphatic carbocycles. The highest BCUT2D eigenvalue weighted by Crippen LogP contribution is 2.55. The molecule has 0 radical (unpaired) electrons. The fraction of sp³-hybridized carbons (Fsp3) is 0.409. The highest BCUT2D eigenvalue weighted by molar-refractivity contribution is 7.94. The summed E-state index contributed by atoms with van der Waals surface area (Å²) in [6.45, 7) is -0.445. The molecule has 0 bridgehead atoms. The van der Waals surface area contributed by atoms with E-state index in [0.717, 1.165) is 12.1 Å².